The van der Waals surface area contributed by atoms with Gasteiger partial charge in [-0.1, -0.05) is 40.7 Å². The van der Waals surface area contributed by atoms with E-state index >= 15 is 0 Å². The lowest BCUT2D eigenvalue weighted by molar-refractivity contribution is -0.114. The molecule has 0 saturated carbocycles. The number of fused-ring (bicyclic) bond motifs is 2. The van der Waals surface area contributed by atoms with Crippen molar-refractivity contribution in [3.63, 3.8) is 0 Å². The summed E-state index contributed by atoms with van der Waals surface area (Å²) in [5, 5.41) is 2.99. The first-order chi connectivity index (χ1) is 12.5. The summed E-state index contributed by atoms with van der Waals surface area (Å²) in [5.74, 6) is 0.933. The van der Waals surface area contributed by atoms with Crippen molar-refractivity contribution in [2.75, 3.05) is 17.3 Å². The van der Waals surface area contributed by atoms with Crippen molar-refractivity contribution >= 4 is 17.4 Å². The lowest BCUT2D eigenvalue weighted by Crippen LogP contribution is -2.32. The average molecular weight is 367 g/mol. The van der Waals surface area contributed by atoms with Crippen LogP contribution in [0.4, 0.5) is 11.5 Å². The quantitative estimate of drug-likeness (QED) is 0.822. The topological polar surface area (TPSA) is 58.1 Å². The molecule has 3 heterocycles. The maximum Gasteiger partial charge on any atom is 0.221 e. The normalized spacial score (nSPS) is 16.0. The summed E-state index contributed by atoms with van der Waals surface area (Å²) in [7, 11) is 2.06. The van der Waals surface area contributed by atoms with Gasteiger partial charge in [0.2, 0.25) is 5.91 Å². The third-order valence-electron chi connectivity index (χ3n) is 5.11. The second-order valence-electron chi connectivity index (χ2n) is 9.21. The molecular formula is C22H30N4O. The van der Waals surface area contributed by atoms with Crippen LogP contribution in [0.3, 0.4) is 0 Å². The molecule has 2 aromatic heterocycles. The Balaban J connectivity index is 2.19. The van der Waals surface area contributed by atoms with Crippen molar-refractivity contribution in [3.8, 4) is 0 Å². The van der Waals surface area contributed by atoms with Gasteiger partial charge in [0.05, 0.1) is 11.4 Å². The van der Waals surface area contributed by atoms with Crippen molar-refractivity contribution < 1.29 is 4.79 Å². The highest BCUT2D eigenvalue weighted by atomic mass is 16.1. The number of aromatic nitrogens is 2. The third-order valence-corrected chi connectivity index (χ3v) is 5.11. The first-order valence-corrected chi connectivity index (χ1v) is 9.46. The van der Waals surface area contributed by atoms with Crippen molar-refractivity contribution in [2.45, 2.75) is 65.3 Å². The number of anilines is 2. The molecule has 0 bridgehead atoms. The molecule has 27 heavy (non-hydrogen) atoms. The van der Waals surface area contributed by atoms with E-state index in [1.165, 1.54) is 5.56 Å². The van der Waals surface area contributed by atoms with Crippen LogP contribution in [0.5, 0.6) is 0 Å². The highest BCUT2D eigenvalue weighted by molar-refractivity contribution is 5.89. The molecule has 0 aromatic carbocycles. The van der Waals surface area contributed by atoms with Gasteiger partial charge in [-0.2, -0.15) is 0 Å². The van der Waals surface area contributed by atoms with Crippen molar-refractivity contribution in [1.82, 2.24) is 9.97 Å². The minimum Gasteiger partial charge on any atom is -0.355 e. The SMILES string of the molecule is CC(=O)Nc1cc2c(nc1C(C)(C)C)CC(C)(C)c1cccnc1N(C)C2. The average Bonchev–Trinajstić information content (AvgIpc) is 2.54. The molecule has 0 spiro atoms. The Morgan fingerprint density at radius 3 is 2.63 bits per heavy atom. The van der Waals surface area contributed by atoms with Crippen LogP contribution in [0.2, 0.25) is 0 Å². The summed E-state index contributed by atoms with van der Waals surface area (Å²) >= 11 is 0. The molecule has 0 unspecified atom stereocenters. The van der Waals surface area contributed by atoms with Crippen LogP contribution in [-0.2, 0) is 28.6 Å². The molecule has 1 N–H and O–H groups in total. The first-order valence-electron chi connectivity index (χ1n) is 9.46. The number of nitrogens with zero attached hydrogens (tertiary/aromatic N) is 3. The molecule has 0 saturated heterocycles. The van der Waals surface area contributed by atoms with Crippen LogP contribution >= 0.6 is 0 Å². The molecule has 0 aliphatic carbocycles. The lowest BCUT2D eigenvalue weighted by atomic mass is 9.78. The smallest absolute Gasteiger partial charge is 0.221 e. The predicted molar refractivity (Wildman–Crippen MR) is 110 cm³/mol. The largest absolute Gasteiger partial charge is 0.355 e. The highest BCUT2D eigenvalue weighted by Gasteiger charge is 2.32. The van der Waals surface area contributed by atoms with Crippen molar-refractivity contribution in [1.29, 1.82) is 0 Å². The first kappa shape index (κ1) is 19.3. The Morgan fingerprint density at radius 2 is 2.00 bits per heavy atom. The van der Waals surface area contributed by atoms with E-state index in [9.17, 15) is 4.79 Å². The zero-order valence-corrected chi connectivity index (χ0v) is 17.5. The van der Waals surface area contributed by atoms with E-state index in [0.717, 1.165) is 34.9 Å². The molecule has 1 aliphatic rings. The number of carbonyl (C=O) groups is 1. The summed E-state index contributed by atoms with van der Waals surface area (Å²) in [4.78, 5) is 23.6. The molecule has 1 aliphatic heterocycles. The monoisotopic (exact) mass is 366 g/mol. The summed E-state index contributed by atoms with van der Waals surface area (Å²) in [6, 6.07) is 6.27. The second-order valence-corrected chi connectivity index (χ2v) is 9.21. The molecule has 5 heteroatoms. The predicted octanol–water partition coefficient (Wildman–Crippen LogP) is 4.20. The van der Waals surface area contributed by atoms with Gasteiger partial charge in [0.25, 0.3) is 0 Å². The van der Waals surface area contributed by atoms with Gasteiger partial charge in [0.1, 0.15) is 5.82 Å². The molecule has 5 nitrogen and oxygen atoms in total. The number of amides is 1. The van der Waals surface area contributed by atoms with E-state index in [1.54, 1.807) is 6.92 Å². The molecule has 0 radical (unpaired) electrons. The third kappa shape index (κ3) is 3.82. The van der Waals surface area contributed by atoms with E-state index in [0.29, 0.717) is 6.54 Å². The summed E-state index contributed by atoms with van der Waals surface area (Å²) in [5.41, 5.74) is 4.96. The van der Waals surface area contributed by atoms with Crippen LogP contribution in [0.1, 0.15) is 64.1 Å². The second kappa shape index (κ2) is 6.63. The van der Waals surface area contributed by atoms with Gasteiger partial charge in [-0.15, -0.1) is 0 Å². The minimum absolute atomic E-state index is 0.0752. The van der Waals surface area contributed by atoms with Gasteiger partial charge in [-0.3, -0.25) is 9.78 Å². The Hall–Kier alpha value is -2.43. The van der Waals surface area contributed by atoms with E-state index in [2.05, 4.69) is 69.0 Å². The maximum atomic E-state index is 11.8. The van der Waals surface area contributed by atoms with Crippen LogP contribution in [0.25, 0.3) is 0 Å². The molecular weight excluding hydrogens is 336 g/mol. The number of rotatable bonds is 1. The molecule has 3 rings (SSSR count). The number of nitrogens with one attached hydrogen (secondary N) is 1. The van der Waals surface area contributed by atoms with Gasteiger partial charge in [0, 0.05) is 43.4 Å². The standard InChI is InChI=1S/C22H30N4O/c1-14(27)24-17-11-15-13-26(7)20-16(9-8-10-23-20)22(5,6)12-18(15)25-19(17)21(2,3)4/h8-11H,12-13H2,1-7H3,(H,24,27). The van der Waals surface area contributed by atoms with Crippen molar-refractivity contribution in [3.05, 3.63) is 46.9 Å². The maximum absolute atomic E-state index is 11.8. The zero-order chi connectivity index (χ0) is 20.0. The fraction of sp³-hybridized carbons (Fsp3) is 0.500. The molecule has 2 aromatic rings. The fourth-order valence-electron chi connectivity index (χ4n) is 3.81. The number of hydrogen-bond acceptors (Lipinski definition) is 4. The van der Waals surface area contributed by atoms with E-state index in [-0.39, 0.29) is 16.7 Å². The summed E-state index contributed by atoms with van der Waals surface area (Å²) < 4.78 is 0. The van der Waals surface area contributed by atoms with Crippen LogP contribution in [-0.4, -0.2) is 22.9 Å². The van der Waals surface area contributed by atoms with E-state index < -0.39 is 0 Å². The van der Waals surface area contributed by atoms with Gasteiger partial charge in [-0.05, 0) is 29.5 Å². The highest BCUT2D eigenvalue weighted by Crippen LogP contribution is 2.38. The number of hydrogen-bond donors (Lipinski definition) is 1. The zero-order valence-electron chi connectivity index (χ0n) is 17.5. The molecule has 0 atom stereocenters. The Bertz CT molecular complexity index is 880. The van der Waals surface area contributed by atoms with Gasteiger partial charge in [-0.25, -0.2) is 4.98 Å². The number of carbonyl (C=O) groups excluding carboxylic acids is 1. The van der Waals surface area contributed by atoms with E-state index in [1.807, 2.05) is 12.3 Å². The Morgan fingerprint density at radius 1 is 1.30 bits per heavy atom. The summed E-state index contributed by atoms with van der Waals surface area (Å²) in [6.45, 7) is 13.1. The molecule has 0 fully saturated rings. The fourth-order valence-corrected chi connectivity index (χ4v) is 3.81. The lowest BCUT2D eigenvalue weighted by Gasteiger charge is -2.35. The molecule has 144 valence electrons. The van der Waals surface area contributed by atoms with Gasteiger partial charge < -0.3 is 10.2 Å². The van der Waals surface area contributed by atoms with E-state index in [4.69, 9.17) is 4.98 Å². The van der Waals surface area contributed by atoms with Crippen molar-refractivity contribution in [2.24, 2.45) is 0 Å². The Kier molecular flexibility index (Phi) is 4.74. The van der Waals surface area contributed by atoms with Gasteiger partial charge in [0.15, 0.2) is 0 Å². The Labute approximate surface area is 162 Å². The van der Waals surface area contributed by atoms with Crippen LogP contribution in [0.15, 0.2) is 24.4 Å². The van der Waals surface area contributed by atoms with Crippen LogP contribution < -0.4 is 10.2 Å². The minimum atomic E-state index is -0.162. The summed E-state index contributed by atoms with van der Waals surface area (Å²) in [6.07, 6.45) is 2.68. The molecule has 1 amide bonds. The van der Waals surface area contributed by atoms with Gasteiger partial charge >= 0.3 is 0 Å². The van der Waals surface area contributed by atoms with Crippen LogP contribution in [0, 0.1) is 0 Å². The number of pyridine rings is 2.